The third-order valence-electron chi connectivity index (χ3n) is 5.10. The summed E-state index contributed by atoms with van der Waals surface area (Å²) in [6.45, 7) is 4.06. The van der Waals surface area contributed by atoms with E-state index in [0.29, 0.717) is 6.54 Å². The molecule has 1 unspecified atom stereocenters. The maximum Gasteiger partial charge on any atom is 0.295 e. The molecule has 3 rings (SSSR count). The van der Waals surface area contributed by atoms with Crippen molar-refractivity contribution in [2.24, 2.45) is 0 Å². The highest BCUT2D eigenvalue weighted by atomic mass is 19.1. The highest BCUT2D eigenvalue weighted by Crippen LogP contribution is 2.40. The molecular formula is C24H26F2N2O4. The first-order valence-electron chi connectivity index (χ1n) is 10.3. The Morgan fingerprint density at radius 2 is 1.81 bits per heavy atom. The van der Waals surface area contributed by atoms with E-state index in [0.717, 1.165) is 6.07 Å². The standard InChI is InChI=1S/C24H26F2N2O4/c1-14(2)32-19-10-9-15(13-18(19)26)22(29)20-21(16-7-5-6-8-17(16)25)28(12-11-27(3)4)24(31)23(20)30/h5-10,13-14,21,29H,11-12H2,1-4H3/b22-20+. The second-order valence-electron chi connectivity index (χ2n) is 8.13. The van der Waals surface area contributed by atoms with Crippen molar-refractivity contribution in [2.75, 3.05) is 27.2 Å². The summed E-state index contributed by atoms with van der Waals surface area (Å²) in [4.78, 5) is 28.8. The molecule has 2 aromatic rings. The second-order valence-corrected chi connectivity index (χ2v) is 8.13. The van der Waals surface area contributed by atoms with E-state index < -0.39 is 35.1 Å². The van der Waals surface area contributed by atoms with E-state index >= 15 is 0 Å². The summed E-state index contributed by atoms with van der Waals surface area (Å²) in [5, 5.41) is 11.0. The minimum Gasteiger partial charge on any atom is -0.507 e. The zero-order valence-electron chi connectivity index (χ0n) is 18.4. The fourth-order valence-corrected chi connectivity index (χ4v) is 3.59. The predicted octanol–water partition coefficient (Wildman–Crippen LogP) is 3.74. The van der Waals surface area contributed by atoms with E-state index in [2.05, 4.69) is 0 Å². The fourth-order valence-electron chi connectivity index (χ4n) is 3.59. The Morgan fingerprint density at radius 3 is 2.41 bits per heavy atom. The summed E-state index contributed by atoms with van der Waals surface area (Å²) in [5.41, 5.74) is -0.214. The molecule has 170 valence electrons. The lowest BCUT2D eigenvalue weighted by Crippen LogP contribution is -2.35. The number of hydrogen-bond donors (Lipinski definition) is 1. The molecule has 1 aliphatic rings. The SMILES string of the molecule is CC(C)Oc1ccc(/C(O)=C2\C(=O)C(=O)N(CCN(C)C)C2c2ccccc2F)cc1F. The number of likely N-dealkylation sites (tertiary alicyclic amines) is 1. The molecule has 1 amide bonds. The topological polar surface area (TPSA) is 70.1 Å². The molecule has 0 saturated carbocycles. The molecule has 6 nitrogen and oxygen atoms in total. The minimum absolute atomic E-state index is 0.00589. The van der Waals surface area contributed by atoms with Crippen molar-refractivity contribution in [2.45, 2.75) is 26.0 Å². The van der Waals surface area contributed by atoms with Crippen LogP contribution in [0.25, 0.3) is 5.76 Å². The number of halogens is 2. The smallest absolute Gasteiger partial charge is 0.295 e. The second kappa shape index (κ2) is 9.48. The van der Waals surface area contributed by atoms with Crippen LogP contribution in [0.5, 0.6) is 5.75 Å². The van der Waals surface area contributed by atoms with Crippen LogP contribution in [0.3, 0.4) is 0 Å². The lowest BCUT2D eigenvalue weighted by molar-refractivity contribution is -0.140. The summed E-state index contributed by atoms with van der Waals surface area (Å²) in [6.07, 6.45) is -0.257. The van der Waals surface area contributed by atoms with Gasteiger partial charge in [0.1, 0.15) is 11.6 Å². The van der Waals surface area contributed by atoms with Crippen LogP contribution in [0.1, 0.15) is 31.0 Å². The van der Waals surface area contributed by atoms with Gasteiger partial charge in [-0.1, -0.05) is 18.2 Å². The van der Waals surface area contributed by atoms with Crippen LogP contribution >= 0.6 is 0 Å². The molecular weight excluding hydrogens is 418 g/mol. The zero-order chi connectivity index (χ0) is 23.6. The summed E-state index contributed by atoms with van der Waals surface area (Å²) >= 11 is 0. The molecule has 0 spiro atoms. The van der Waals surface area contributed by atoms with Crippen LogP contribution in [-0.2, 0) is 9.59 Å². The third-order valence-corrected chi connectivity index (χ3v) is 5.10. The highest BCUT2D eigenvalue weighted by Gasteiger charge is 2.46. The summed E-state index contributed by atoms with van der Waals surface area (Å²) in [7, 11) is 3.61. The number of amides is 1. The van der Waals surface area contributed by atoms with Crippen LogP contribution in [0.2, 0.25) is 0 Å². The highest BCUT2D eigenvalue weighted by molar-refractivity contribution is 6.46. The molecule has 1 fully saturated rings. The number of ether oxygens (including phenoxy) is 1. The average Bonchev–Trinajstić information content (AvgIpc) is 2.97. The molecule has 32 heavy (non-hydrogen) atoms. The van der Waals surface area contributed by atoms with Crippen molar-refractivity contribution in [1.82, 2.24) is 9.80 Å². The molecule has 1 saturated heterocycles. The number of carbonyl (C=O) groups excluding carboxylic acids is 2. The molecule has 1 aliphatic heterocycles. The Labute approximate surface area is 185 Å². The number of Topliss-reactive ketones (excluding diaryl/α,β-unsaturated/α-hetero) is 1. The van der Waals surface area contributed by atoms with Crippen molar-refractivity contribution in [1.29, 1.82) is 0 Å². The van der Waals surface area contributed by atoms with E-state index in [-0.39, 0.29) is 35.1 Å². The van der Waals surface area contributed by atoms with Gasteiger partial charge in [-0.25, -0.2) is 8.78 Å². The van der Waals surface area contributed by atoms with Gasteiger partial charge in [0.25, 0.3) is 11.7 Å². The van der Waals surface area contributed by atoms with Crippen LogP contribution in [0.4, 0.5) is 8.78 Å². The Kier molecular flexibility index (Phi) is 6.93. The maximum atomic E-state index is 14.7. The predicted molar refractivity (Wildman–Crippen MR) is 116 cm³/mol. The van der Waals surface area contributed by atoms with Gasteiger partial charge < -0.3 is 19.6 Å². The van der Waals surface area contributed by atoms with Crippen molar-refractivity contribution in [3.8, 4) is 5.75 Å². The van der Waals surface area contributed by atoms with Gasteiger partial charge in [-0.15, -0.1) is 0 Å². The molecule has 1 heterocycles. The number of benzene rings is 2. The average molecular weight is 444 g/mol. The van der Waals surface area contributed by atoms with Crippen LogP contribution in [0, 0.1) is 11.6 Å². The number of hydrogen-bond acceptors (Lipinski definition) is 5. The van der Waals surface area contributed by atoms with Gasteiger partial charge in [0, 0.05) is 24.2 Å². The molecule has 0 radical (unpaired) electrons. The number of ketones is 1. The molecule has 0 aromatic heterocycles. The maximum absolute atomic E-state index is 14.7. The van der Waals surface area contributed by atoms with Crippen molar-refractivity contribution < 1.29 is 28.2 Å². The first kappa shape index (κ1) is 23.4. The van der Waals surface area contributed by atoms with Crippen molar-refractivity contribution >= 4 is 17.4 Å². The van der Waals surface area contributed by atoms with Crippen LogP contribution in [0.15, 0.2) is 48.0 Å². The van der Waals surface area contributed by atoms with Gasteiger partial charge in [-0.05, 0) is 52.2 Å². The first-order valence-corrected chi connectivity index (χ1v) is 10.3. The lowest BCUT2D eigenvalue weighted by Gasteiger charge is -2.26. The molecule has 2 aromatic carbocycles. The zero-order valence-corrected chi connectivity index (χ0v) is 18.4. The molecule has 1 atom stereocenters. The number of aliphatic hydroxyl groups is 1. The van der Waals surface area contributed by atoms with Gasteiger partial charge in [0.05, 0.1) is 17.7 Å². The normalized spacial score (nSPS) is 18.1. The van der Waals surface area contributed by atoms with Gasteiger partial charge in [0.2, 0.25) is 0 Å². The fraction of sp³-hybridized carbons (Fsp3) is 0.333. The van der Waals surface area contributed by atoms with Gasteiger partial charge in [0.15, 0.2) is 11.6 Å². The first-order chi connectivity index (χ1) is 15.1. The summed E-state index contributed by atoms with van der Waals surface area (Å²) < 4.78 is 34.6. The molecule has 8 heteroatoms. The van der Waals surface area contributed by atoms with Gasteiger partial charge in [-0.2, -0.15) is 0 Å². The van der Waals surface area contributed by atoms with Gasteiger partial charge in [-0.3, -0.25) is 9.59 Å². The largest absolute Gasteiger partial charge is 0.507 e. The number of rotatable bonds is 7. The summed E-state index contributed by atoms with van der Waals surface area (Å²) in [5.74, 6) is -3.72. The van der Waals surface area contributed by atoms with E-state index in [4.69, 9.17) is 4.74 Å². The monoisotopic (exact) mass is 444 g/mol. The van der Waals surface area contributed by atoms with E-state index in [1.54, 1.807) is 34.0 Å². The Hall–Kier alpha value is -3.26. The van der Waals surface area contributed by atoms with E-state index in [1.165, 1.54) is 35.2 Å². The molecule has 0 bridgehead atoms. The van der Waals surface area contributed by atoms with Crippen LogP contribution in [-0.4, -0.2) is 59.9 Å². The quantitative estimate of drug-likeness (QED) is 0.400. The number of nitrogens with zero attached hydrogens (tertiary/aromatic N) is 2. The lowest BCUT2D eigenvalue weighted by atomic mass is 9.95. The summed E-state index contributed by atoms with van der Waals surface area (Å²) in [6, 6.07) is 8.38. The van der Waals surface area contributed by atoms with Crippen molar-refractivity contribution in [3.63, 3.8) is 0 Å². The Balaban J connectivity index is 2.13. The van der Waals surface area contributed by atoms with Crippen molar-refractivity contribution in [3.05, 3.63) is 70.8 Å². The van der Waals surface area contributed by atoms with E-state index in [1.807, 2.05) is 4.90 Å². The number of aliphatic hydroxyl groups excluding tert-OH is 1. The number of carbonyl (C=O) groups is 2. The van der Waals surface area contributed by atoms with E-state index in [9.17, 15) is 23.5 Å². The van der Waals surface area contributed by atoms with Gasteiger partial charge >= 0.3 is 0 Å². The minimum atomic E-state index is -1.13. The number of likely N-dealkylation sites (N-methyl/N-ethyl adjacent to an activating group) is 1. The Morgan fingerprint density at radius 1 is 1.12 bits per heavy atom. The molecule has 1 N–H and O–H groups in total. The molecule has 0 aliphatic carbocycles. The Bertz CT molecular complexity index is 1070. The van der Waals surface area contributed by atoms with Crippen LogP contribution < -0.4 is 4.74 Å². The third kappa shape index (κ3) is 4.65.